The number of hydrogen-bond donors (Lipinski definition) is 0. The molecule has 146 valence electrons. The minimum atomic E-state index is -0.403. The first kappa shape index (κ1) is 17.8. The Morgan fingerprint density at radius 3 is 2.43 bits per heavy atom. The second-order valence-electron chi connectivity index (χ2n) is 7.77. The van der Waals surface area contributed by atoms with Gasteiger partial charge in [-0.05, 0) is 44.4 Å². The van der Waals surface area contributed by atoms with E-state index in [9.17, 15) is 14.0 Å². The summed E-state index contributed by atoms with van der Waals surface area (Å²) in [6.07, 6.45) is 1.37. The average molecular weight is 404 g/mol. The van der Waals surface area contributed by atoms with Crippen LogP contribution < -0.4 is 4.90 Å². The number of aryl methyl sites for hydroxylation is 1. The number of carbonyl (C=O) groups excluding carboxylic acids is 2. The van der Waals surface area contributed by atoms with Gasteiger partial charge in [-0.25, -0.2) is 9.29 Å². The van der Waals surface area contributed by atoms with Crippen LogP contribution in [0, 0.1) is 31.5 Å². The van der Waals surface area contributed by atoms with E-state index in [1.165, 1.54) is 17.0 Å². The van der Waals surface area contributed by atoms with Crippen molar-refractivity contribution in [1.29, 1.82) is 0 Å². The number of aromatic nitrogens is 2. The first-order chi connectivity index (χ1) is 13.4. The van der Waals surface area contributed by atoms with Crippen LogP contribution in [-0.4, -0.2) is 33.8 Å². The Morgan fingerprint density at radius 1 is 1.18 bits per heavy atom. The van der Waals surface area contributed by atoms with Gasteiger partial charge in [-0.15, -0.1) is 0 Å². The van der Waals surface area contributed by atoms with E-state index in [1.54, 1.807) is 17.7 Å². The van der Waals surface area contributed by atoms with Gasteiger partial charge in [0.05, 0.1) is 47.7 Å². The Morgan fingerprint density at radius 2 is 1.82 bits per heavy atom. The van der Waals surface area contributed by atoms with E-state index in [0.717, 1.165) is 12.8 Å². The van der Waals surface area contributed by atoms with Crippen LogP contribution in [0.25, 0.3) is 0 Å². The molecule has 6 nitrogen and oxygen atoms in total. The van der Waals surface area contributed by atoms with Crippen LogP contribution in [0.2, 0.25) is 5.02 Å². The molecule has 3 aliphatic heterocycles. The van der Waals surface area contributed by atoms with Crippen LogP contribution in [0.1, 0.15) is 29.8 Å². The first-order valence-electron chi connectivity index (χ1n) is 9.38. The Bertz CT molecular complexity index is 992. The summed E-state index contributed by atoms with van der Waals surface area (Å²) in [6.45, 7) is 3.93. The minimum absolute atomic E-state index is 0.148. The fourth-order valence-corrected chi connectivity index (χ4v) is 5.14. The van der Waals surface area contributed by atoms with Gasteiger partial charge >= 0.3 is 0 Å². The molecule has 0 aliphatic carbocycles. The van der Waals surface area contributed by atoms with Gasteiger partial charge in [0.15, 0.2) is 0 Å². The fraction of sp³-hybridized carbons (Fsp3) is 0.450. The van der Waals surface area contributed by atoms with Crippen LogP contribution in [-0.2, 0) is 20.9 Å². The second-order valence-corrected chi connectivity index (χ2v) is 8.17. The molecule has 1 aromatic heterocycles. The molecule has 0 N–H and O–H groups in total. The third-order valence-electron chi connectivity index (χ3n) is 6.19. The van der Waals surface area contributed by atoms with E-state index in [-0.39, 0.29) is 35.9 Å². The summed E-state index contributed by atoms with van der Waals surface area (Å²) in [7, 11) is 0. The number of rotatable bonds is 3. The summed E-state index contributed by atoms with van der Waals surface area (Å²) < 4.78 is 20.8. The van der Waals surface area contributed by atoms with Crippen molar-refractivity contribution in [3.63, 3.8) is 0 Å². The Balaban J connectivity index is 1.50. The Labute approximate surface area is 166 Å². The molecule has 4 heterocycles. The van der Waals surface area contributed by atoms with Crippen LogP contribution >= 0.6 is 11.6 Å². The van der Waals surface area contributed by atoms with Crippen molar-refractivity contribution in [3.8, 4) is 0 Å². The second kappa shape index (κ2) is 6.12. The van der Waals surface area contributed by atoms with Crippen molar-refractivity contribution in [3.05, 3.63) is 46.0 Å². The normalized spacial score (nSPS) is 28.5. The maximum atomic E-state index is 13.3. The summed E-state index contributed by atoms with van der Waals surface area (Å²) in [5, 5.41) is 4.83. The van der Waals surface area contributed by atoms with Crippen molar-refractivity contribution in [2.45, 2.75) is 45.4 Å². The number of fused-ring (bicyclic) bond motifs is 5. The topological polar surface area (TPSA) is 64.4 Å². The maximum Gasteiger partial charge on any atom is 0.240 e. The van der Waals surface area contributed by atoms with Crippen molar-refractivity contribution >= 4 is 29.1 Å². The molecule has 0 unspecified atom stereocenters. The Kier molecular flexibility index (Phi) is 3.90. The van der Waals surface area contributed by atoms with Crippen molar-refractivity contribution in [2.24, 2.45) is 11.8 Å². The third kappa shape index (κ3) is 2.39. The molecule has 28 heavy (non-hydrogen) atoms. The molecule has 5 rings (SSSR count). The van der Waals surface area contributed by atoms with E-state index in [1.807, 2.05) is 6.92 Å². The van der Waals surface area contributed by atoms with Crippen LogP contribution in [0.3, 0.4) is 0 Å². The predicted molar refractivity (Wildman–Crippen MR) is 99.6 cm³/mol. The van der Waals surface area contributed by atoms with Crippen molar-refractivity contribution in [2.75, 3.05) is 4.90 Å². The summed E-state index contributed by atoms with van der Waals surface area (Å²) in [4.78, 5) is 27.5. The quantitative estimate of drug-likeness (QED) is 0.739. The highest BCUT2D eigenvalue weighted by Gasteiger charge is 2.63. The molecule has 0 radical (unpaired) electrons. The van der Waals surface area contributed by atoms with Crippen molar-refractivity contribution < 1.29 is 18.7 Å². The summed E-state index contributed by atoms with van der Waals surface area (Å²) in [5.41, 5.74) is 2.56. The highest BCUT2D eigenvalue weighted by Crippen LogP contribution is 2.50. The molecule has 4 atom stereocenters. The zero-order valence-corrected chi connectivity index (χ0v) is 16.2. The summed E-state index contributed by atoms with van der Waals surface area (Å²) >= 11 is 6.14. The van der Waals surface area contributed by atoms with Crippen molar-refractivity contribution in [1.82, 2.24) is 9.78 Å². The molecule has 0 saturated carbocycles. The molecule has 2 bridgehead atoms. The van der Waals surface area contributed by atoms with Gasteiger partial charge in [0.2, 0.25) is 11.8 Å². The molecule has 3 fully saturated rings. The lowest BCUT2D eigenvalue weighted by atomic mass is 9.81. The van der Waals surface area contributed by atoms with Gasteiger partial charge in [-0.3, -0.25) is 14.3 Å². The summed E-state index contributed by atoms with van der Waals surface area (Å²) in [6, 6.07) is 4.21. The lowest BCUT2D eigenvalue weighted by Crippen LogP contribution is -2.35. The third-order valence-corrected chi connectivity index (χ3v) is 6.54. The zero-order valence-electron chi connectivity index (χ0n) is 15.5. The fourth-order valence-electron chi connectivity index (χ4n) is 4.91. The predicted octanol–water partition coefficient (Wildman–Crippen LogP) is 3.01. The number of carbonyl (C=O) groups is 2. The zero-order chi connectivity index (χ0) is 19.7. The number of anilines is 1. The largest absolute Gasteiger partial charge is 0.373 e. The number of halogens is 2. The molecule has 3 aliphatic rings. The van der Waals surface area contributed by atoms with E-state index in [2.05, 4.69) is 5.10 Å². The van der Waals surface area contributed by atoms with E-state index >= 15 is 0 Å². The molecular formula is C20H19ClFN3O3. The first-order valence-corrected chi connectivity index (χ1v) is 9.76. The number of benzene rings is 1. The van der Waals surface area contributed by atoms with E-state index in [4.69, 9.17) is 16.3 Å². The number of nitrogens with zero attached hydrogens (tertiary/aromatic N) is 3. The van der Waals surface area contributed by atoms with E-state index < -0.39 is 5.82 Å². The number of amides is 2. The molecular weight excluding hydrogens is 385 g/mol. The van der Waals surface area contributed by atoms with Gasteiger partial charge in [-0.2, -0.15) is 5.10 Å². The van der Waals surface area contributed by atoms with Crippen LogP contribution in [0.15, 0.2) is 18.2 Å². The van der Waals surface area contributed by atoms with Gasteiger partial charge in [0.1, 0.15) is 5.82 Å². The highest BCUT2D eigenvalue weighted by molar-refractivity contribution is 6.31. The average Bonchev–Trinajstić information content (AvgIpc) is 3.37. The minimum Gasteiger partial charge on any atom is -0.373 e. The summed E-state index contributed by atoms with van der Waals surface area (Å²) in [5.74, 6) is -1.53. The number of hydrogen-bond acceptors (Lipinski definition) is 4. The van der Waals surface area contributed by atoms with Gasteiger partial charge in [-0.1, -0.05) is 17.7 Å². The maximum absolute atomic E-state index is 13.3. The van der Waals surface area contributed by atoms with Gasteiger partial charge in [0.25, 0.3) is 0 Å². The monoisotopic (exact) mass is 403 g/mol. The van der Waals surface area contributed by atoms with Crippen LogP contribution in [0.5, 0.6) is 0 Å². The van der Waals surface area contributed by atoms with E-state index in [0.29, 0.717) is 34.2 Å². The highest BCUT2D eigenvalue weighted by atomic mass is 35.5. The molecule has 2 aromatic rings. The molecule has 1 aromatic carbocycles. The van der Waals surface area contributed by atoms with Gasteiger partial charge in [0, 0.05) is 5.02 Å². The Hall–Kier alpha value is -2.25. The molecule has 0 spiro atoms. The SMILES string of the molecule is Cc1nn(Cc2ccc(F)cc2Cl)c(C)c1N1C(=O)[C@H]2[C@H](C1=O)[C@H]1CC[C@H]2O1. The smallest absolute Gasteiger partial charge is 0.240 e. The molecule has 3 saturated heterocycles. The standard InChI is InChI=1S/C20H19ClFN3O3/c1-9-18(10(2)24(23-9)8-11-3-4-12(22)7-13(11)21)25-19(26)16-14-5-6-15(28-14)17(16)20(25)27/h3-4,7,14-17H,5-6,8H2,1-2H3/t14-,15-,16-,17-/m1/s1. The molecule has 8 heteroatoms. The van der Waals surface area contributed by atoms with Crippen LogP contribution in [0.4, 0.5) is 10.1 Å². The lowest BCUT2D eigenvalue weighted by Gasteiger charge is -2.18. The number of ether oxygens (including phenoxy) is 1. The van der Waals surface area contributed by atoms with Gasteiger partial charge < -0.3 is 4.74 Å². The molecule has 2 amide bonds. The lowest BCUT2D eigenvalue weighted by molar-refractivity contribution is -0.124. The number of imide groups is 1.